The summed E-state index contributed by atoms with van der Waals surface area (Å²) in [6.45, 7) is 13.6. The van der Waals surface area contributed by atoms with Crippen molar-refractivity contribution in [3.63, 3.8) is 0 Å². The fourth-order valence-corrected chi connectivity index (χ4v) is 4.07. The van der Waals surface area contributed by atoms with Crippen LogP contribution in [0.5, 0.6) is 0 Å². The van der Waals surface area contributed by atoms with Crippen molar-refractivity contribution in [2.24, 2.45) is 11.8 Å². The van der Waals surface area contributed by atoms with Crippen LogP contribution in [0.3, 0.4) is 0 Å². The highest BCUT2D eigenvalue weighted by Gasteiger charge is 2.36. The number of nitrogens with zero attached hydrogens (tertiary/aromatic N) is 3. The van der Waals surface area contributed by atoms with Crippen LogP contribution in [0.4, 0.5) is 29.7 Å². The SMILES string of the molecule is CC(C)CN(CC(C)C)c1ccc(C(C)(C)CC(=O)O)cc1Nc1nc(C(F)(F)F)ns1. The molecule has 0 unspecified atom stereocenters. The summed E-state index contributed by atoms with van der Waals surface area (Å²) >= 11 is 0.639. The Hall–Kier alpha value is -2.36. The first-order chi connectivity index (χ1) is 14.7. The average Bonchev–Trinajstić information content (AvgIpc) is 3.08. The molecule has 0 saturated carbocycles. The van der Waals surface area contributed by atoms with E-state index in [2.05, 4.69) is 47.3 Å². The Kier molecular flexibility index (Phi) is 8.14. The van der Waals surface area contributed by atoms with Gasteiger partial charge in [0.25, 0.3) is 0 Å². The van der Waals surface area contributed by atoms with Crippen molar-refractivity contribution >= 4 is 34.0 Å². The molecule has 0 aliphatic heterocycles. The fraction of sp³-hybridized carbons (Fsp3) is 0.591. The number of hydrogen-bond acceptors (Lipinski definition) is 6. The lowest BCUT2D eigenvalue weighted by molar-refractivity contribution is -0.144. The molecule has 0 fully saturated rings. The highest BCUT2D eigenvalue weighted by Crippen LogP contribution is 2.37. The molecule has 0 bridgehead atoms. The molecule has 2 N–H and O–H groups in total. The summed E-state index contributed by atoms with van der Waals surface area (Å²) in [6.07, 6.45) is -4.70. The first-order valence-electron chi connectivity index (χ1n) is 10.5. The van der Waals surface area contributed by atoms with Gasteiger partial charge in [0.15, 0.2) is 0 Å². The van der Waals surface area contributed by atoms with E-state index in [1.807, 2.05) is 26.0 Å². The molecule has 1 aromatic heterocycles. The number of carbonyl (C=O) groups is 1. The van der Waals surface area contributed by atoms with Crippen molar-refractivity contribution < 1.29 is 23.1 Å². The van der Waals surface area contributed by atoms with E-state index in [0.717, 1.165) is 24.3 Å². The summed E-state index contributed by atoms with van der Waals surface area (Å²) in [7, 11) is 0. The van der Waals surface area contributed by atoms with Crippen molar-refractivity contribution in [3.05, 3.63) is 29.6 Å². The molecule has 2 rings (SSSR count). The summed E-state index contributed by atoms with van der Waals surface area (Å²) in [5, 5.41) is 12.3. The molecule has 10 heteroatoms. The third-order valence-electron chi connectivity index (χ3n) is 4.80. The Morgan fingerprint density at radius 3 is 2.22 bits per heavy atom. The summed E-state index contributed by atoms with van der Waals surface area (Å²) in [5.74, 6) is -1.38. The van der Waals surface area contributed by atoms with Crippen LogP contribution in [-0.2, 0) is 16.4 Å². The summed E-state index contributed by atoms with van der Waals surface area (Å²) < 4.78 is 42.3. The minimum atomic E-state index is -4.62. The number of carboxylic acid groups (broad SMARTS) is 1. The number of alkyl halides is 3. The van der Waals surface area contributed by atoms with E-state index in [9.17, 15) is 23.1 Å². The fourth-order valence-electron chi connectivity index (χ4n) is 3.47. The van der Waals surface area contributed by atoms with Crippen LogP contribution in [0.15, 0.2) is 18.2 Å². The van der Waals surface area contributed by atoms with Gasteiger partial charge in [-0.15, -0.1) is 0 Å². The molecular formula is C22H31F3N4O2S. The molecule has 1 heterocycles. The standard InChI is InChI=1S/C22H31F3N4O2S/c1-13(2)11-29(12-14(3)4)17-8-7-15(21(5,6)10-18(30)31)9-16(17)26-20-27-19(28-32-20)22(23,24)25/h7-9,13-14H,10-12H2,1-6H3,(H,30,31)(H,26,27,28). The lowest BCUT2D eigenvalue weighted by Crippen LogP contribution is -2.32. The summed E-state index contributed by atoms with van der Waals surface area (Å²) in [6, 6.07) is 5.59. The molecular weight excluding hydrogens is 441 g/mol. The molecule has 178 valence electrons. The second-order valence-electron chi connectivity index (χ2n) is 9.42. The zero-order valence-electron chi connectivity index (χ0n) is 19.2. The second kappa shape index (κ2) is 10.1. The number of rotatable bonds is 10. The zero-order chi connectivity index (χ0) is 24.3. The number of nitrogens with one attached hydrogen (secondary N) is 1. The van der Waals surface area contributed by atoms with E-state index in [1.54, 1.807) is 6.07 Å². The molecule has 0 aliphatic carbocycles. The van der Waals surface area contributed by atoms with E-state index >= 15 is 0 Å². The molecule has 2 aromatic rings. The van der Waals surface area contributed by atoms with E-state index in [1.165, 1.54) is 0 Å². The van der Waals surface area contributed by atoms with E-state index in [-0.39, 0.29) is 11.6 Å². The maximum atomic E-state index is 13.0. The Balaban J connectivity index is 2.54. The van der Waals surface area contributed by atoms with Crippen molar-refractivity contribution in [3.8, 4) is 0 Å². The first kappa shape index (κ1) is 25.9. The van der Waals surface area contributed by atoms with Crippen LogP contribution >= 0.6 is 11.5 Å². The number of hydrogen-bond donors (Lipinski definition) is 2. The lowest BCUT2D eigenvalue weighted by Gasteiger charge is -2.32. The average molecular weight is 473 g/mol. The highest BCUT2D eigenvalue weighted by molar-refractivity contribution is 7.09. The van der Waals surface area contributed by atoms with Gasteiger partial charge in [-0.1, -0.05) is 47.6 Å². The van der Waals surface area contributed by atoms with Crippen LogP contribution in [-0.4, -0.2) is 33.5 Å². The normalized spacial score (nSPS) is 12.5. The Bertz CT molecular complexity index is 916. The van der Waals surface area contributed by atoms with Gasteiger partial charge in [-0.3, -0.25) is 4.79 Å². The van der Waals surface area contributed by atoms with Crippen LogP contribution in [0.1, 0.15) is 59.4 Å². The Morgan fingerprint density at radius 1 is 1.16 bits per heavy atom. The zero-order valence-corrected chi connectivity index (χ0v) is 20.1. The Morgan fingerprint density at radius 2 is 1.75 bits per heavy atom. The molecule has 0 radical (unpaired) electrons. The van der Waals surface area contributed by atoms with Crippen LogP contribution in [0, 0.1) is 11.8 Å². The topological polar surface area (TPSA) is 78.4 Å². The number of anilines is 3. The van der Waals surface area contributed by atoms with Crippen LogP contribution < -0.4 is 10.2 Å². The minimum Gasteiger partial charge on any atom is -0.481 e. The van der Waals surface area contributed by atoms with E-state index in [4.69, 9.17) is 0 Å². The minimum absolute atomic E-state index is 0.0285. The maximum Gasteiger partial charge on any atom is 0.452 e. The predicted octanol–water partition coefficient (Wildman–Crippen LogP) is 6.17. The molecule has 0 aliphatic rings. The van der Waals surface area contributed by atoms with Gasteiger partial charge in [0, 0.05) is 30.0 Å². The van der Waals surface area contributed by atoms with Gasteiger partial charge in [-0.05, 0) is 29.5 Å². The third kappa shape index (κ3) is 7.08. The third-order valence-corrected chi connectivity index (χ3v) is 5.43. The summed E-state index contributed by atoms with van der Waals surface area (Å²) in [5.41, 5.74) is 1.50. The smallest absolute Gasteiger partial charge is 0.452 e. The largest absolute Gasteiger partial charge is 0.481 e. The molecule has 0 atom stereocenters. The summed E-state index contributed by atoms with van der Waals surface area (Å²) in [4.78, 5) is 17.1. The van der Waals surface area contributed by atoms with Crippen LogP contribution in [0.25, 0.3) is 0 Å². The quantitative estimate of drug-likeness (QED) is 0.430. The van der Waals surface area contributed by atoms with Crippen molar-refractivity contribution in [1.29, 1.82) is 0 Å². The van der Waals surface area contributed by atoms with Gasteiger partial charge in [0.05, 0.1) is 17.8 Å². The van der Waals surface area contributed by atoms with Gasteiger partial charge in [-0.2, -0.15) is 22.5 Å². The second-order valence-corrected chi connectivity index (χ2v) is 10.2. The number of aliphatic carboxylic acids is 1. The number of halogens is 3. The van der Waals surface area contributed by atoms with E-state index in [0.29, 0.717) is 29.1 Å². The number of benzene rings is 1. The molecule has 6 nitrogen and oxygen atoms in total. The van der Waals surface area contributed by atoms with Crippen LogP contribution in [0.2, 0.25) is 0 Å². The van der Waals surface area contributed by atoms with Gasteiger partial charge >= 0.3 is 12.1 Å². The van der Waals surface area contributed by atoms with Gasteiger partial charge in [0.2, 0.25) is 11.0 Å². The monoisotopic (exact) mass is 472 g/mol. The highest BCUT2D eigenvalue weighted by atomic mass is 32.1. The van der Waals surface area contributed by atoms with E-state index < -0.39 is 23.4 Å². The van der Waals surface area contributed by atoms with Gasteiger partial charge in [0.1, 0.15) is 0 Å². The molecule has 0 spiro atoms. The van der Waals surface area contributed by atoms with Gasteiger partial charge in [-0.25, -0.2) is 0 Å². The van der Waals surface area contributed by atoms with Crippen molar-refractivity contribution in [1.82, 2.24) is 9.36 Å². The lowest BCUT2D eigenvalue weighted by atomic mass is 9.81. The first-order valence-corrected chi connectivity index (χ1v) is 11.3. The number of aromatic nitrogens is 2. The molecule has 1 aromatic carbocycles. The predicted molar refractivity (Wildman–Crippen MR) is 122 cm³/mol. The molecule has 32 heavy (non-hydrogen) atoms. The number of carboxylic acids is 1. The Labute approximate surface area is 191 Å². The van der Waals surface area contributed by atoms with Crippen molar-refractivity contribution in [2.75, 3.05) is 23.3 Å². The maximum absolute atomic E-state index is 13.0. The van der Waals surface area contributed by atoms with Crippen molar-refractivity contribution in [2.45, 2.75) is 59.6 Å². The van der Waals surface area contributed by atoms with Gasteiger partial charge < -0.3 is 15.3 Å². The molecule has 0 amide bonds. The molecule has 0 saturated heterocycles.